The highest BCUT2D eigenvalue weighted by Crippen LogP contribution is 2.17. The Hall–Kier alpha value is -1.85. The number of anilines is 1. The van der Waals surface area contributed by atoms with E-state index in [1.165, 1.54) is 0 Å². The van der Waals surface area contributed by atoms with Crippen molar-refractivity contribution < 1.29 is 9.53 Å². The Balaban J connectivity index is 2.00. The quantitative estimate of drug-likeness (QED) is 0.915. The third-order valence-electron chi connectivity index (χ3n) is 2.91. The van der Waals surface area contributed by atoms with Crippen LogP contribution in [-0.2, 0) is 17.9 Å². The average molecular weight is 290 g/mol. The van der Waals surface area contributed by atoms with Gasteiger partial charge in [-0.2, -0.15) is 11.3 Å². The topological polar surface area (TPSA) is 41.6 Å². The van der Waals surface area contributed by atoms with Crippen LogP contribution >= 0.6 is 11.3 Å². The average Bonchev–Trinajstić information content (AvgIpc) is 2.94. The predicted octanol–water partition coefficient (Wildman–Crippen LogP) is 3.56. The van der Waals surface area contributed by atoms with E-state index in [1.54, 1.807) is 30.4 Å². The molecular formula is C15H18N2O2S. The highest BCUT2D eigenvalue weighted by atomic mass is 32.1. The zero-order valence-corrected chi connectivity index (χ0v) is 12.4. The largest absolute Gasteiger partial charge is 0.380 e. The minimum Gasteiger partial charge on any atom is -0.380 e. The maximum absolute atomic E-state index is 12.2. The van der Waals surface area contributed by atoms with Crippen molar-refractivity contribution in [1.29, 1.82) is 0 Å². The molecule has 5 heteroatoms. The Morgan fingerprint density at radius 3 is 2.85 bits per heavy atom. The third-order valence-corrected chi connectivity index (χ3v) is 3.64. The summed E-state index contributed by atoms with van der Waals surface area (Å²) in [6.07, 6.45) is 0. The lowest BCUT2D eigenvalue weighted by molar-refractivity contribution is 0.185. The number of hydrogen-bond acceptors (Lipinski definition) is 3. The molecule has 106 valence electrons. The van der Waals surface area contributed by atoms with E-state index in [4.69, 9.17) is 4.74 Å². The normalized spacial score (nSPS) is 10.3. The van der Waals surface area contributed by atoms with Gasteiger partial charge in [0.1, 0.15) is 0 Å². The van der Waals surface area contributed by atoms with Gasteiger partial charge in [0.15, 0.2) is 0 Å². The van der Waals surface area contributed by atoms with Crippen molar-refractivity contribution >= 4 is 23.1 Å². The molecule has 0 aliphatic rings. The van der Waals surface area contributed by atoms with Gasteiger partial charge in [-0.3, -0.25) is 0 Å². The summed E-state index contributed by atoms with van der Waals surface area (Å²) in [4.78, 5) is 13.8. The molecule has 1 aromatic heterocycles. The number of rotatable bonds is 5. The number of carbonyl (C=O) groups is 1. The lowest BCUT2D eigenvalue weighted by Crippen LogP contribution is -2.31. The molecule has 2 aromatic rings. The number of methoxy groups -OCH3 is 1. The number of hydrogen-bond donors (Lipinski definition) is 1. The van der Waals surface area contributed by atoms with Gasteiger partial charge in [0, 0.05) is 32.0 Å². The smallest absolute Gasteiger partial charge is 0.321 e. The monoisotopic (exact) mass is 290 g/mol. The molecule has 2 rings (SSSR count). The lowest BCUT2D eigenvalue weighted by Gasteiger charge is -2.18. The molecule has 20 heavy (non-hydrogen) atoms. The summed E-state index contributed by atoms with van der Waals surface area (Å²) < 4.78 is 5.13. The number of thiophene rings is 1. The van der Waals surface area contributed by atoms with Gasteiger partial charge in [-0.1, -0.05) is 18.2 Å². The van der Waals surface area contributed by atoms with Crippen LogP contribution < -0.4 is 5.32 Å². The Morgan fingerprint density at radius 1 is 1.35 bits per heavy atom. The number of para-hydroxylation sites is 1. The summed E-state index contributed by atoms with van der Waals surface area (Å²) >= 11 is 1.63. The zero-order chi connectivity index (χ0) is 14.4. The van der Waals surface area contributed by atoms with Crippen molar-refractivity contribution in [3.8, 4) is 0 Å². The van der Waals surface area contributed by atoms with Crippen LogP contribution in [0.2, 0.25) is 0 Å². The lowest BCUT2D eigenvalue weighted by atomic mass is 10.2. The molecule has 0 fully saturated rings. The molecule has 1 heterocycles. The SMILES string of the molecule is COCc1ccccc1NC(=O)N(C)Cc1ccsc1. The van der Waals surface area contributed by atoms with E-state index < -0.39 is 0 Å². The van der Waals surface area contributed by atoms with Crippen molar-refractivity contribution in [3.05, 3.63) is 52.2 Å². The molecule has 0 bridgehead atoms. The fraction of sp³-hybridized carbons (Fsp3) is 0.267. The van der Waals surface area contributed by atoms with Crippen molar-refractivity contribution in [2.24, 2.45) is 0 Å². The van der Waals surface area contributed by atoms with Crippen molar-refractivity contribution in [1.82, 2.24) is 4.90 Å². The van der Waals surface area contributed by atoms with E-state index in [0.29, 0.717) is 13.2 Å². The number of nitrogens with one attached hydrogen (secondary N) is 1. The van der Waals surface area contributed by atoms with Crippen LogP contribution in [0.1, 0.15) is 11.1 Å². The number of amides is 2. The second-order valence-electron chi connectivity index (χ2n) is 4.51. The molecule has 0 radical (unpaired) electrons. The van der Waals surface area contributed by atoms with Gasteiger partial charge in [-0.05, 0) is 28.5 Å². The summed E-state index contributed by atoms with van der Waals surface area (Å²) in [6.45, 7) is 1.08. The van der Waals surface area contributed by atoms with E-state index in [0.717, 1.165) is 16.8 Å². The van der Waals surface area contributed by atoms with Crippen LogP contribution in [0.3, 0.4) is 0 Å². The number of urea groups is 1. The molecule has 0 saturated heterocycles. The molecule has 1 N–H and O–H groups in total. The first-order valence-electron chi connectivity index (χ1n) is 6.30. The fourth-order valence-corrected chi connectivity index (χ4v) is 2.52. The second kappa shape index (κ2) is 7.07. The third kappa shape index (κ3) is 3.82. The number of ether oxygens (including phenoxy) is 1. The Bertz CT molecular complexity index is 555. The Morgan fingerprint density at radius 2 is 2.15 bits per heavy atom. The molecular weight excluding hydrogens is 272 g/mol. The van der Waals surface area contributed by atoms with Crippen molar-refractivity contribution in [3.63, 3.8) is 0 Å². The predicted molar refractivity (Wildman–Crippen MR) is 82.0 cm³/mol. The van der Waals surface area contributed by atoms with Crippen LogP contribution in [-0.4, -0.2) is 25.1 Å². The van der Waals surface area contributed by atoms with Gasteiger partial charge in [-0.15, -0.1) is 0 Å². The standard InChI is InChI=1S/C15H18N2O2S/c1-17(9-12-7-8-20-11-12)15(18)16-14-6-4-3-5-13(14)10-19-2/h3-8,11H,9-10H2,1-2H3,(H,16,18). The molecule has 0 unspecified atom stereocenters. The molecule has 2 amide bonds. The van der Waals surface area contributed by atoms with Crippen molar-refractivity contribution in [2.75, 3.05) is 19.5 Å². The summed E-state index contributed by atoms with van der Waals surface area (Å²) in [5.74, 6) is 0. The maximum Gasteiger partial charge on any atom is 0.321 e. The van der Waals surface area contributed by atoms with E-state index in [-0.39, 0.29) is 6.03 Å². The fourth-order valence-electron chi connectivity index (χ4n) is 1.86. The summed E-state index contributed by atoms with van der Waals surface area (Å²) in [6, 6.07) is 9.54. The van der Waals surface area contributed by atoms with Gasteiger partial charge < -0.3 is 15.0 Å². The Labute approximate surface area is 123 Å². The molecule has 1 aromatic carbocycles. The number of benzene rings is 1. The summed E-state index contributed by atoms with van der Waals surface area (Å²) in [7, 11) is 3.42. The Kier molecular flexibility index (Phi) is 5.15. The van der Waals surface area contributed by atoms with Gasteiger partial charge in [0.25, 0.3) is 0 Å². The second-order valence-corrected chi connectivity index (χ2v) is 5.29. The molecule has 0 aliphatic carbocycles. The summed E-state index contributed by atoms with van der Waals surface area (Å²) in [5.41, 5.74) is 2.89. The van der Waals surface area contributed by atoms with Crippen LogP contribution in [0, 0.1) is 0 Å². The van der Waals surface area contributed by atoms with Crippen molar-refractivity contribution in [2.45, 2.75) is 13.2 Å². The first-order valence-corrected chi connectivity index (χ1v) is 7.25. The van der Waals surface area contributed by atoms with Gasteiger partial charge >= 0.3 is 6.03 Å². The minimum absolute atomic E-state index is 0.125. The van der Waals surface area contributed by atoms with E-state index in [1.807, 2.05) is 41.1 Å². The highest BCUT2D eigenvalue weighted by molar-refractivity contribution is 7.07. The van der Waals surface area contributed by atoms with Crippen LogP contribution in [0.4, 0.5) is 10.5 Å². The molecule has 0 atom stereocenters. The molecule has 0 spiro atoms. The van der Waals surface area contributed by atoms with Gasteiger partial charge in [0.2, 0.25) is 0 Å². The molecule has 0 aliphatic heterocycles. The number of nitrogens with zero attached hydrogens (tertiary/aromatic N) is 1. The highest BCUT2D eigenvalue weighted by Gasteiger charge is 2.11. The zero-order valence-electron chi connectivity index (χ0n) is 11.6. The van der Waals surface area contributed by atoms with Gasteiger partial charge in [-0.25, -0.2) is 4.79 Å². The van der Waals surface area contributed by atoms with E-state index in [9.17, 15) is 4.79 Å². The van der Waals surface area contributed by atoms with Crippen LogP contribution in [0.5, 0.6) is 0 Å². The first-order chi connectivity index (χ1) is 9.70. The molecule has 0 saturated carbocycles. The first kappa shape index (κ1) is 14.6. The molecule has 4 nitrogen and oxygen atoms in total. The van der Waals surface area contributed by atoms with E-state index in [2.05, 4.69) is 5.32 Å². The van der Waals surface area contributed by atoms with Crippen LogP contribution in [0.25, 0.3) is 0 Å². The number of carbonyl (C=O) groups excluding carboxylic acids is 1. The summed E-state index contributed by atoms with van der Waals surface area (Å²) in [5, 5.41) is 6.97. The van der Waals surface area contributed by atoms with E-state index >= 15 is 0 Å². The maximum atomic E-state index is 12.2. The van der Waals surface area contributed by atoms with Crippen LogP contribution in [0.15, 0.2) is 41.1 Å². The van der Waals surface area contributed by atoms with Gasteiger partial charge in [0.05, 0.1) is 6.61 Å². The minimum atomic E-state index is -0.125.